The summed E-state index contributed by atoms with van der Waals surface area (Å²) in [6.45, 7) is 0. The van der Waals surface area contributed by atoms with Gasteiger partial charge in [0.05, 0.1) is 17.3 Å². The van der Waals surface area contributed by atoms with Gasteiger partial charge in [0.1, 0.15) is 0 Å². The Kier molecular flexibility index (Phi) is 4.61. The zero-order valence-electron chi connectivity index (χ0n) is 11.4. The van der Waals surface area contributed by atoms with Crippen LogP contribution in [-0.2, 0) is 9.59 Å². The van der Waals surface area contributed by atoms with Crippen LogP contribution in [-0.4, -0.2) is 11.8 Å². The van der Waals surface area contributed by atoms with Gasteiger partial charge >= 0.3 is 11.8 Å². The molecular formula is C15H8F3N3O2. The van der Waals surface area contributed by atoms with E-state index in [1.165, 1.54) is 24.3 Å². The third kappa shape index (κ3) is 3.65. The molecule has 23 heavy (non-hydrogen) atoms. The number of amides is 2. The lowest BCUT2D eigenvalue weighted by Crippen LogP contribution is -2.29. The monoisotopic (exact) mass is 319 g/mol. The van der Waals surface area contributed by atoms with E-state index in [0.29, 0.717) is 11.6 Å². The number of nitrogens with one attached hydrogen (secondary N) is 2. The van der Waals surface area contributed by atoms with E-state index in [9.17, 15) is 22.8 Å². The van der Waals surface area contributed by atoms with E-state index in [0.717, 1.165) is 6.07 Å². The molecule has 0 radical (unpaired) electrons. The number of halogens is 3. The van der Waals surface area contributed by atoms with Crippen LogP contribution < -0.4 is 10.6 Å². The summed E-state index contributed by atoms with van der Waals surface area (Å²) >= 11 is 0. The molecule has 0 saturated carbocycles. The normalized spacial score (nSPS) is 9.83. The molecule has 0 bridgehead atoms. The van der Waals surface area contributed by atoms with Crippen LogP contribution >= 0.6 is 0 Å². The van der Waals surface area contributed by atoms with Crippen molar-refractivity contribution in [3.63, 3.8) is 0 Å². The first-order valence-corrected chi connectivity index (χ1v) is 6.18. The van der Waals surface area contributed by atoms with Crippen LogP contribution in [0.4, 0.5) is 24.5 Å². The number of anilines is 2. The molecule has 8 heteroatoms. The Hall–Kier alpha value is -3.34. The van der Waals surface area contributed by atoms with Gasteiger partial charge in [-0.1, -0.05) is 0 Å². The maximum atomic E-state index is 13.4. The van der Waals surface area contributed by atoms with Crippen LogP contribution in [0.15, 0.2) is 36.4 Å². The van der Waals surface area contributed by atoms with E-state index in [-0.39, 0.29) is 5.69 Å². The van der Waals surface area contributed by atoms with Crippen molar-refractivity contribution >= 4 is 23.2 Å². The van der Waals surface area contributed by atoms with Crippen molar-refractivity contribution in [2.24, 2.45) is 0 Å². The average molecular weight is 319 g/mol. The predicted octanol–water partition coefficient (Wildman–Crippen LogP) is 2.55. The molecule has 0 aromatic heterocycles. The second-order valence-electron chi connectivity index (χ2n) is 4.32. The van der Waals surface area contributed by atoms with Gasteiger partial charge in [-0.05, 0) is 36.4 Å². The predicted molar refractivity (Wildman–Crippen MR) is 74.7 cm³/mol. The van der Waals surface area contributed by atoms with E-state index in [1.54, 1.807) is 0 Å². The number of nitriles is 1. The summed E-state index contributed by atoms with van der Waals surface area (Å²) in [5.41, 5.74) is -0.0740. The first-order chi connectivity index (χ1) is 10.9. The highest BCUT2D eigenvalue weighted by Gasteiger charge is 2.19. The van der Waals surface area contributed by atoms with Crippen molar-refractivity contribution in [1.29, 1.82) is 5.26 Å². The topological polar surface area (TPSA) is 82.0 Å². The maximum Gasteiger partial charge on any atom is 0.314 e. The molecule has 0 aliphatic rings. The molecule has 2 rings (SSSR count). The van der Waals surface area contributed by atoms with Crippen molar-refractivity contribution in [2.45, 2.75) is 0 Å². The molecule has 5 nitrogen and oxygen atoms in total. The minimum absolute atomic E-state index is 0.231. The van der Waals surface area contributed by atoms with Crippen LogP contribution in [0, 0.1) is 28.8 Å². The van der Waals surface area contributed by atoms with Crippen LogP contribution in [0.2, 0.25) is 0 Å². The highest BCUT2D eigenvalue weighted by molar-refractivity contribution is 6.43. The number of carbonyl (C=O) groups is 2. The molecule has 0 fully saturated rings. The zero-order chi connectivity index (χ0) is 17.0. The van der Waals surface area contributed by atoms with Gasteiger partial charge in [0.15, 0.2) is 17.5 Å². The SMILES string of the molecule is N#Cc1ccc(NC(=O)C(=O)Nc2ccc(F)c(F)c2F)cc1. The second kappa shape index (κ2) is 6.62. The van der Waals surface area contributed by atoms with Crippen LogP contribution in [0.1, 0.15) is 5.56 Å². The Morgan fingerprint density at radius 2 is 1.48 bits per heavy atom. The molecule has 0 atom stereocenters. The number of hydrogen-bond acceptors (Lipinski definition) is 3. The average Bonchev–Trinajstić information content (AvgIpc) is 2.56. The molecule has 0 aliphatic carbocycles. The molecule has 2 aromatic rings. The van der Waals surface area contributed by atoms with Crippen molar-refractivity contribution in [3.05, 3.63) is 59.4 Å². The summed E-state index contributed by atoms with van der Waals surface area (Å²) in [6, 6.07) is 8.91. The quantitative estimate of drug-likeness (QED) is 0.659. The van der Waals surface area contributed by atoms with Gasteiger partial charge < -0.3 is 10.6 Å². The molecule has 0 unspecified atom stereocenters. The maximum absolute atomic E-state index is 13.4. The van der Waals surface area contributed by atoms with Crippen molar-refractivity contribution in [1.82, 2.24) is 0 Å². The molecule has 116 valence electrons. The Morgan fingerprint density at radius 3 is 2.09 bits per heavy atom. The van der Waals surface area contributed by atoms with Gasteiger partial charge in [0.2, 0.25) is 0 Å². The molecule has 0 aliphatic heterocycles. The fourth-order valence-electron chi connectivity index (χ4n) is 1.62. The van der Waals surface area contributed by atoms with Gasteiger partial charge in [-0.2, -0.15) is 5.26 Å². The first kappa shape index (κ1) is 16.0. The van der Waals surface area contributed by atoms with Crippen LogP contribution in [0.5, 0.6) is 0 Å². The fourth-order valence-corrected chi connectivity index (χ4v) is 1.62. The van der Waals surface area contributed by atoms with E-state index < -0.39 is 35.0 Å². The summed E-state index contributed by atoms with van der Waals surface area (Å²) in [5, 5.41) is 12.7. The lowest BCUT2D eigenvalue weighted by atomic mass is 10.2. The zero-order valence-corrected chi connectivity index (χ0v) is 11.4. The number of nitrogens with zero attached hydrogens (tertiary/aromatic N) is 1. The van der Waals surface area contributed by atoms with E-state index in [1.807, 2.05) is 11.4 Å². The van der Waals surface area contributed by atoms with Gasteiger partial charge in [-0.3, -0.25) is 9.59 Å². The molecule has 2 N–H and O–H groups in total. The third-order valence-corrected chi connectivity index (χ3v) is 2.76. The summed E-state index contributed by atoms with van der Waals surface area (Å²) in [5.74, 6) is -7.18. The third-order valence-electron chi connectivity index (χ3n) is 2.76. The highest BCUT2D eigenvalue weighted by Crippen LogP contribution is 2.19. The van der Waals surface area contributed by atoms with Crippen molar-refractivity contribution in [2.75, 3.05) is 10.6 Å². The van der Waals surface area contributed by atoms with Gasteiger partial charge in [-0.15, -0.1) is 0 Å². The standard InChI is InChI=1S/C15H8F3N3O2/c16-10-5-6-11(13(18)12(10)17)21-15(23)14(22)20-9-3-1-8(7-19)2-4-9/h1-6H,(H,20,22)(H,21,23). The summed E-state index contributed by atoms with van der Waals surface area (Å²) in [6.07, 6.45) is 0. The largest absolute Gasteiger partial charge is 0.318 e. The highest BCUT2D eigenvalue weighted by atomic mass is 19.2. The molecule has 0 spiro atoms. The molecule has 2 aromatic carbocycles. The van der Waals surface area contributed by atoms with Gasteiger partial charge in [0, 0.05) is 5.69 Å². The number of carbonyl (C=O) groups excluding carboxylic acids is 2. The van der Waals surface area contributed by atoms with Crippen LogP contribution in [0.25, 0.3) is 0 Å². The molecule has 0 heterocycles. The smallest absolute Gasteiger partial charge is 0.314 e. The lowest BCUT2D eigenvalue weighted by molar-refractivity contribution is -0.133. The fraction of sp³-hybridized carbons (Fsp3) is 0. The number of benzene rings is 2. The Bertz CT molecular complexity index is 814. The van der Waals surface area contributed by atoms with Crippen LogP contribution in [0.3, 0.4) is 0 Å². The minimum atomic E-state index is -1.75. The Morgan fingerprint density at radius 1 is 0.870 bits per heavy atom. The Balaban J connectivity index is 2.07. The molecule has 0 saturated heterocycles. The second-order valence-corrected chi connectivity index (χ2v) is 4.32. The van der Waals surface area contributed by atoms with Gasteiger partial charge in [-0.25, -0.2) is 13.2 Å². The van der Waals surface area contributed by atoms with Crippen molar-refractivity contribution in [3.8, 4) is 6.07 Å². The minimum Gasteiger partial charge on any atom is -0.318 e. The summed E-state index contributed by atoms with van der Waals surface area (Å²) in [4.78, 5) is 23.3. The van der Waals surface area contributed by atoms with Crippen molar-refractivity contribution < 1.29 is 22.8 Å². The van der Waals surface area contributed by atoms with E-state index in [4.69, 9.17) is 5.26 Å². The first-order valence-electron chi connectivity index (χ1n) is 6.18. The summed E-state index contributed by atoms with van der Waals surface area (Å²) in [7, 11) is 0. The number of rotatable bonds is 2. The number of hydrogen-bond donors (Lipinski definition) is 2. The summed E-state index contributed by atoms with van der Waals surface area (Å²) < 4.78 is 39.2. The van der Waals surface area contributed by atoms with E-state index >= 15 is 0 Å². The lowest BCUT2D eigenvalue weighted by Gasteiger charge is -2.08. The molecule has 2 amide bonds. The Labute approximate surface area is 128 Å². The van der Waals surface area contributed by atoms with E-state index in [2.05, 4.69) is 5.32 Å². The van der Waals surface area contributed by atoms with Gasteiger partial charge in [0.25, 0.3) is 0 Å². The molecular weight excluding hydrogens is 311 g/mol.